The molecule has 0 bridgehead atoms. The SMILES string of the molecule is O=c1c2c([nH]c3c(Cl)cc(Cl)cc13)CCC2. The largest absolute Gasteiger partial charge is 0.357 e. The lowest BCUT2D eigenvalue weighted by Gasteiger charge is -2.05. The van der Waals surface area contributed by atoms with Gasteiger partial charge in [0.15, 0.2) is 5.43 Å². The Morgan fingerprint density at radius 3 is 2.81 bits per heavy atom. The third-order valence-electron chi connectivity index (χ3n) is 3.07. The molecule has 0 amide bonds. The van der Waals surface area contributed by atoms with Gasteiger partial charge in [0.1, 0.15) is 0 Å². The van der Waals surface area contributed by atoms with Crippen LogP contribution in [0.5, 0.6) is 0 Å². The van der Waals surface area contributed by atoms with Gasteiger partial charge in [0, 0.05) is 21.7 Å². The molecular formula is C12H9Cl2NO. The quantitative estimate of drug-likeness (QED) is 0.768. The van der Waals surface area contributed by atoms with Crippen LogP contribution in [0.1, 0.15) is 17.7 Å². The highest BCUT2D eigenvalue weighted by atomic mass is 35.5. The van der Waals surface area contributed by atoms with Gasteiger partial charge in [-0.15, -0.1) is 0 Å². The van der Waals surface area contributed by atoms with Crippen molar-refractivity contribution in [2.24, 2.45) is 0 Å². The van der Waals surface area contributed by atoms with Crippen LogP contribution in [-0.2, 0) is 12.8 Å². The number of nitrogens with one attached hydrogen (secondary N) is 1. The summed E-state index contributed by atoms with van der Waals surface area (Å²) in [7, 11) is 0. The molecule has 0 spiro atoms. The van der Waals surface area contributed by atoms with E-state index in [1.165, 1.54) is 0 Å². The summed E-state index contributed by atoms with van der Waals surface area (Å²) in [6.45, 7) is 0. The zero-order chi connectivity index (χ0) is 11.3. The molecule has 2 aromatic rings. The fraction of sp³-hybridized carbons (Fsp3) is 0.250. The van der Waals surface area contributed by atoms with E-state index >= 15 is 0 Å². The van der Waals surface area contributed by atoms with Gasteiger partial charge in [-0.3, -0.25) is 4.79 Å². The van der Waals surface area contributed by atoms with Crippen molar-refractivity contribution >= 4 is 34.1 Å². The van der Waals surface area contributed by atoms with Gasteiger partial charge in [-0.05, 0) is 31.4 Å². The summed E-state index contributed by atoms with van der Waals surface area (Å²) >= 11 is 12.0. The molecule has 0 radical (unpaired) electrons. The van der Waals surface area contributed by atoms with Crippen LogP contribution in [0.3, 0.4) is 0 Å². The number of aromatic amines is 1. The Morgan fingerprint density at radius 1 is 1.19 bits per heavy atom. The van der Waals surface area contributed by atoms with Crippen LogP contribution in [0, 0.1) is 0 Å². The van der Waals surface area contributed by atoms with E-state index in [4.69, 9.17) is 23.2 Å². The first-order chi connectivity index (χ1) is 7.66. The van der Waals surface area contributed by atoms with E-state index < -0.39 is 0 Å². The Hall–Kier alpha value is -0.990. The highest BCUT2D eigenvalue weighted by molar-refractivity contribution is 6.38. The minimum Gasteiger partial charge on any atom is -0.357 e. The minimum absolute atomic E-state index is 0.0747. The van der Waals surface area contributed by atoms with Gasteiger partial charge in [-0.2, -0.15) is 0 Å². The first-order valence-electron chi connectivity index (χ1n) is 5.19. The maximum Gasteiger partial charge on any atom is 0.192 e. The van der Waals surface area contributed by atoms with Crippen LogP contribution in [0.25, 0.3) is 10.9 Å². The summed E-state index contributed by atoms with van der Waals surface area (Å²) < 4.78 is 0. The Kier molecular flexibility index (Phi) is 2.23. The van der Waals surface area contributed by atoms with Crippen LogP contribution in [0.15, 0.2) is 16.9 Å². The Balaban J connectivity index is 2.51. The first kappa shape index (κ1) is 10.2. The van der Waals surface area contributed by atoms with E-state index in [9.17, 15) is 4.79 Å². The normalized spacial score (nSPS) is 14.4. The van der Waals surface area contributed by atoms with Crippen molar-refractivity contribution in [2.75, 3.05) is 0 Å². The molecule has 1 aliphatic rings. The highest BCUT2D eigenvalue weighted by Gasteiger charge is 2.18. The van der Waals surface area contributed by atoms with Crippen molar-refractivity contribution in [2.45, 2.75) is 19.3 Å². The van der Waals surface area contributed by atoms with Crippen LogP contribution in [0.2, 0.25) is 10.0 Å². The van der Waals surface area contributed by atoms with Gasteiger partial charge in [0.25, 0.3) is 0 Å². The zero-order valence-electron chi connectivity index (χ0n) is 8.44. The summed E-state index contributed by atoms with van der Waals surface area (Å²) in [6, 6.07) is 3.34. The Morgan fingerprint density at radius 2 is 2.00 bits per heavy atom. The number of aromatic nitrogens is 1. The number of halogens is 2. The lowest BCUT2D eigenvalue weighted by atomic mass is 10.1. The zero-order valence-corrected chi connectivity index (χ0v) is 9.95. The molecule has 0 saturated carbocycles. The third-order valence-corrected chi connectivity index (χ3v) is 3.58. The van der Waals surface area contributed by atoms with Crippen LogP contribution < -0.4 is 5.43 Å². The molecule has 82 valence electrons. The van der Waals surface area contributed by atoms with Gasteiger partial charge in [0.05, 0.1) is 10.5 Å². The molecule has 16 heavy (non-hydrogen) atoms. The molecule has 0 fully saturated rings. The fourth-order valence-corrected chi connectivity index (χ4v) is 2.87. The van der Waals surface area contributed by atoms with E-state index in [-0.39, 0.29) is 5.43 Å². The number of benzene rings is 1. The molecule has 1 aromatic carbocycles. The molecule has 0 unspecified atom stereocenters. The van der Waals surface area contributed by atoms with Gasteiger partial charge in [-0.25, -0.2) is 0 Å². The van der Waals surface area contributed by atoms with Gasteiger partial charge in [0.2, 0.25) is 0 Å². The van der Waals surface area contributed by atoms with E-state index in [1.54, 1.807) is 12.1 Å². The molecule has 1 N–H and O–H groups in total. The Bertz CT molecular complexity index is 645. The molecule has 1 aliphatic carbocycles. The van der Waals surface area contributed by atoms with E-state index in [0.717, 1.165) is 30.5 Å². The van der Waals surface area contributed by atoms with E-state index in [1.807, 2.05) is 0 Å². The fourth-order valence-electron chi connectivity index (χ4n) is 2.33. The molecule has 0 saturated heterocycles. The van der Waals surface area contributed by atoms with E-state index in [0.29, 0.717) is 20.9 Å². The molecule has 2 nitrogen and oxygen atoms in total. The van der Waals surface area contributed by atoms with Crippen molar-refractivity contribution in [3.63, 3.8) is 0 Å². The lowest BCUT2D eigenvalue weighted by molar-refractivity contribution is 0.900. The summed E-state index contributed by atoms with van der Waals surface area (Å²) in [5.41, 5.74) is 2.70. The van der Waals surface area contributed by atoms with E-state index in [2.05, 4.69) is 4.98 Å². The Labute approximate surface area is 102 Å². The summed E-state index contributed by atoms with van der Waals surface area (Å²) in [4.78, 5) is 15.4. The van der Waals surface area contributed by atoms with Crippen LogP contribution >= 0.6 is 23.2 Å². The predicted molar refractivity (Wildman–Crippen MR) is 66.6 cm³/mol. The number of hydrogen-bond donors (Lipinski definition) is 1. The second kappa shape index (κ2) is 3.51. The van der Waals surface area contributed by atoms with Crippen molar-refractivity contribution in [3.05, 3.63) is 43.7 Å². The second-order valence-electron chi connectivity index (χ2n) is 4.07. The average Bonchev–Trinajstić information content (AvgIpc) is 2.68. The highest BCUT2D eigenvalue weighted by Crippen LogP contribution is 2.27. The van der Waals surface area contributed by atoms with Crippen LogP contribution in [0.4, 0.5) is 0 Å². The van der Waals surface area contributed by atoms with Gasteiger partial charge >= 0.3 is 0 Å². The van der Waals surface area contributed by atoms with Crippen molar-refractivity contribution in [1.29, 1.82) is 0 Å². The molecule has 1 aromatic heterocycles. The number of aryl methyl sites for hydroxylation is 1. The molecule has 0 atom stereocenters. The number of hydrogen-bond acceptors (Lipinski definition) is 1. The molecule has 0 aliphatic heterocycles. The summed E-state index contributed by atoms with van der Waals surface area (Å²) in [5, 5.41) is 1.60. The second-order valence-corrected chi connectivity index (χ2v) is 4.92. The maximum atomic E-state index is 12.2. The predicted octanol–water partition coefficient (Wildman–Crippen LogP) is 3.32. The third kappa shape index (κ3) is 1.37. The summed E-state index contributed by atoms with van der Waals surface area (Å²) in [6.07, 6.45) is 2.81. The standard InChI is InChI=1S/C12H9Cl2NO/c13-6-4-8-11(9(14)5-6)15-10-3-1-2-7(10)12(8)16/h4-5H,1-3H2,(H,15,16). The lowest BCUT2D eigenvalue weighted by Crippen LogP contribution is -2.10. The van der Waals surface area contributed by atoms with Crippen molar-refractivity contribution in [1.82, 2.24) is 4.98 Å². The molecule has 3 rings (SSSR count). The number of pyridine rings is 1. The molecule has 1 heterocycles. The van der Waals surface area contributed by atoms with Gasteiger partial charge in [-0.1, -0.05) is 23.2 Å². The van der Waals surface area contributed by atoms with Crippen molar-refractivity contribution in [3.8, 4) is 0 Å². The minimum atomic E-state index is 0.0747. The number of fused-ring (bicyclic) bond motifs is 2. The van der Waals surface area contributed by atoms with Gasteiger partial charge < -0.3 is 4.98 Å². The number of H-pyrrole nitrogens is 1. The molecule has 4 heteroatoms. The van der Waals surface area contributed by atoms with Crippen LogP contribution in [-0.4, -0.2) is 4.98 Å². The monoisotopic (exact) mass is 253 g/mol. The summed E-state index contributed by atoms with van der Waals surface area (Å²) in [5.74, 6) is 0. The van der Waals surface area contributed by atoms with Crippen molar-refractivity contribution < 1.29 is 0 Å². The molecular weight excluding hydrogens is 245 g/mol. The first-order valence-corrected chi connectivity index (χ1v) is 5.95. The smallest absolute Gasteiger partial charge is 0.192 e. The maximum absolute atomic E-state index is 12.2. The number of rotatable bonds is 0. The topological polar surface area (TPSA) is 32.9 Å². The average molecular weight is 254 g/mol.